The summed E-state index contributed by atoms with van der Waals surface area (Å²) < 4.78 is 0. The number of hydrogen-bond acceptors (Lipinski definition) is 0. The minimum absolute atomic E-state index is 1.05. The van der Waals surface area contributed by atoms with Crippen LogP contribution in [0.15, 0.2) is 84.1 Å². The second-order valence-electron chi connectivity index (χ2n) is 8.74. The van der Waals surface area contributed by atoms with E-state index in [-0.39, 0.29) is 0 Å². The van der Waals surface area contributed by atoms with Crippen molar-refractivity contribution in [2.24, 2.45) is 0 Å². The summed E-state index contributed by atoms with van der Waals surface area (Å²) in [6.45, 7) is 11.5. The summed E-state index contributed by atoms with van der Waals surface area (Å²) in [5.74, 6) is 0. The Labute approximate surface area is 176 Å². The zero-order chi connectivity index (χ0) is 20.6. The molecule has 0 radical (unpaired) electrons. The summed E-state index contributed by atoms with van der Waals surface area (Å²) in [5, 5.41) is 4.66. The van der Waals surface area contributed by atoms with Crippen molar-refractivity contribution in [1.82, 2.24) is 0 Å². The molecular weight excluding hydrogens is 364 g/mol. The molecule has 0 nitrogen and oxygen atoms in total. The molecule has 0 spiro atoms. The third-order valence-electron chi connectivity index (χ3n) is 6.22. The molecule has 1 aliphatic carbocycles. The number of aryl methyl sites for hydroxylation is 4. The summed E-state index contributed by atoms with van der Waals surface area (Å²) in [7, 11) is -2.12. The van der Waals surface area contributed by atoms with Crippen LogP contribution in [0.3, 0.4) is 0 Å². The van der Waals surface area contributed by atoms with Gasteiger partial charge in [-0.25, -0.2) is 0 Å². The Bertz CT molecular complexity index is 1020. The minimum atomic E-state index is -2.12. The highest BCUT2D eigenvalue weighted by molar-refractivity contribution is 7.07. The highest BCUT2D eigenvalue weighted by Gasteiger charge is 2.38. The number of rotatable bonds is 4. The molecule has 0 heterocycles. The molecule has 0 aliphatic heterocycles. The minimum Gasteiger partial charge on any atom is -0.0802 e. The lowest BCUT2D eigenvalue weighted by Crippen LogP contribution is -2.58. The fraction of sp³-hybridized carbons (Fsp3) is 0.214. The molecule has 3 aromatic rings. The van der Waals surface area contributed by atoms with Gasteiger partial charge in [-0.1, -0.05) is 113 Å². The molecule has 0 amide bonds. The zero-order valence-electron chi connectivity index (χ0n) is 18.2. The largest absolute Gasteiger partial charge is 0.142 e. The zero-order valence-corrected chi connectivity index (χ0v) is 19.2. The van der Waals surface area contributed by atoms with Crippen molar-refractivity contribution >= 4 is 24.0 Å². The van der Waals surface area contributed by atoms with Gasteiger partial charge in [0.05, 0.1) is 0 Å². The van der Waals surface area contributed by atoms with Crippen LogP contribution in [0, 0.1) is 27.7 Å². The van der Waals surface area contributed by atoms with Crippen LogP contribution in [-0.2, 0) is 0 Å². The Morgan fingerprint density at radius 2 is 1.14 bits per heavy atom. The molecule has 3 aromatic carbocycles. The van der Waals surface area contributed by atoms with Gasteiger partial charge in [-0.3, -0.25) is 0 Å². The van der Waals surface area contributed by atoms with Crippen LogP contribution in [-0.4, -0.2) is 8.07 Å². The lowest BCUT2D eigenvalue weighted by Gasteiger charge is -2.33. The lowest BCUT2D eigenvalue weighted by molar-refractivity contribution is 1.35. The normalized spacial score (nSPS) is 14.0. The van der Waals surface area contributed by atoms with E-state index in [1.807, 2.05) is 0 Å². The monoisotopic (exact) mass is 394 g/mol. The number of hydrogen-bond donors (Lipinski definition) is 0. The third-order valence-corrected chi connectivity index (χ3v) is 10.8. The van der Waals surface area contributed by atoms with E-state index < -0.39 is 8.07 Å². The van der Waals surface area contributed by atoms with Gasteiger partial charge < -0.3 is 0 Å². The van der Waals surface area contributed by atoms with Gasteiger partial charge in [0, 0.05) is 0 Å². The highest BCUT2D eigenvalue weighted by Crippen LogP contribution is 2.34. The van der Waals surface area contributed by atoms with Gasteiger partial charge in [-0.05, 0) is 55.6 Å². The molecular formula is C28H30Si. The molecule has 0 saturated heterocycles. The molecule has 146 valence electrons. The Balaban J connectivity index is 2.03. The quantitative estimate of drug-likeness (QED) is 0.471. The van der Waals surface area contributed by atoms with Crippen molar-refractivity contribution in [3.63, 3.8) is 0 Å². The van der Waals surface area contributed by atoms with E-state index in [4.69, 9.17) is 0 Å². The van der Waals surface area contributed by atoms with Crippen LogP contribution in [0.1, 0.15) is 34.2 Å². The van der Waals surface area contributed by atoms with E-state index in [1.165, 1.54) is 43.8 Å². The van der Waals surface area contributed by atoms with Crippen molar-refractivity contribution in [1.29, 1.82) is 0 Å². The first-order valence-corrected chi connectivity index (χ1v) is 13.0. The molecule has 0 atom stereocenters. The summed E-state index contributed by atoms with van der Waals surface area (Å²) in [6.07, 6.45) is 5.75. The molecule has 0 unspecified atom stereocenters. The maximum atomic E-state index is 2.56. The number of benzene rings is 3. The van der Waals surface area contributed by atoms with Crippen molar-refractivity contribution in [3.05, 3.63) is 112 Å². The van der Waals surface area contributed by atoms with Crippen LogP contribution in [0.4, 0.5) is 0 Å². The first-order chi connectivity index (χ1) is 13.9. The van der Waals surface area contributed by atoms with E-state index in [2.05, 4.69) is 113 Å². The van der Waals surface area contributed by atoms with E-state index in [0.717, 1.165) is 6.42 Å². The Hall–Kier alpha value is -2.64. The average Bonchev–Trinajstić information content (AvgIpc) is 3.17. The van der Waals surface area contributed by atoms with Gasteiger partial charge in [-0.15, -0.1) is 0 Å². The Morgan fingerprint density at radius 1 is 0.655 bits per heavy atom. The van der Waals surface area contributed by atoms with Crippen LogP contribution in [0.25, 0.3) is 5.57 Å². The highest BCUT2D eigenvalue weighted by atomic mass is 28.3. The third kappa shape index (κ3) is 3.67. The van der Waals surface area contributed by atoms with Crippen molar-refractivity contribution in [2.45, 2.75) is 40.7 Å². The fourth-order valence-corrected chi connectivity index (χ4v) is 9.30. The van der Waals surface area contributed by atoms with E-state index in [0.29, 0.717) is 0 Å². The summed E-state index contributed by atoms with van der Waals surface area (Å²) in [4.78, 5) is 0. The number of allylic oxidation sites excluding steroid dienone is 4. The molecule has 4 rings (SSSR count). The first kappa shape index (κ1) is 19.7. The summed E-state index contributed by atoms with van der Waals surface area (Å²) in [5.41, 5.74) is 8.19. The van der Waals surface area contributed by atoms with Gasteiger partial charge in [0.25, 0.3) is 0 Å². The molecule has 0 fully saturated rings. The smallest absolute Gasteiger partial charge is 0.0802 e. The van der Waals surface area contributed by atoms with Gasteiger partial charge in [-0.2, -0.15) is 0 Å². The predicted molar refractivity (Wildman–Crippen MR) is 130 cm³/mol. The second-order valence-corrected chi connectivity index (χ2v) is 12.8. The van der Waals surface area contributed by atoms with Crippen LogP contribution < -0.4 is 10.4 Å². The molecule has 0 saturated carbocycles. The summed E-state index contributed by atoms with van der Waals surface area (Å²) >= 11 is 0. The molecule has 0 bridgehead atoms. The second kappa shape index (κ2) is 7.65. The standard InChI is InChI=1S/C28H30Si/c1-20-14-21(2)17-25(16-20)29(5,26-18-22(3)15-23(4)19-26)28-13-9-12-27(28)24-10-7-6-8-11-24/h6-12,14-19H,13H2,1-5H3. The predicted octanol–water partition coefficient (Wildman–Crippen LogP) is 6.07. The van der Waals surface area contributed by atoms with Crippen molar-refractivity contribution in [2.75, 3.05) is 0 Å². The van der Waals surface area contributed by atoms with Crippen LogP contribution >= 0.6 is 0 Å². The topological polar surface area (TPSA) is 0 Å². The van der Waals surface area contributed by atoms with E-state index in [1.54, 1.807) is 5.20 Å². The lowest BCUT2D eigenvalue weighted by atomic mass is 10.1. The SMILES string of the molecule is Cc1cc(C)cc([Si](C)(C2=C(c3ccccc3)C=CC2)c2cc(C)cc(C)c2)c1. The molecule has 0 N–H and O–H groups in total. The summed E-state index contributed by atoms with van der Waals surface area (Å²) in [6, 6.07) is 25.2. The maximum absolute atomic E-state index is 2.56. The Kier molecular flexibility index (Phi) is 5.18. The first-order valence-electron chi connectivity index (χ1n) is 10.5. The molecule has 1 aliphatic rings. The van der Waals surface area contributed by atoms with Crippen LogP contribution in [0.2, 0.25) is 6.55 Å². The van der Waals surface area contributed by atoms with Crippen molar-refractivity contribution in [3.8, 4) is 0 Å². The van der Waals surface area contributed by atoms with E-state index >= 15 is 0 Å². The fourth-order valence-electron chi connectivity index (χ4n) is 4.91. The van der Waals surface area contributed by atoms with Gasteiger partial charge >= 0.3 is 0 Å². The average molecular weight is 395 g/mol. The van der Waals surface area contributed by atoms with Crippen LogP contribution in [0.5, 0.6) is 0 Å². The maximum Gasteiger partial charge on any atom is 0.142 e. The van der Waals surface area contributed by atoms with Gasteiger partial charge in [0.15, 0.2) is 0 Å². The molecule has 0 aromatic heterocycles. The molecule has 29 heavy (non-hydrogen) atoms. The van der Waals surface area contributed by atoms with E-state index in [9.17, 15) is 0 Å². The van der Waals surface area contributed by atoms with Crippen molar-refractivity contribution < 1.29 is 0 Å². The Morgan fingerprint density at radius 3 is 1.62 bits per heavy atom. The van der Waals surface area contributed by atoms with Gasteiger partial charge in [0.2, 0.25) is 0 Å². The molecule has 1 heteroatoms. The van der Waals surface area contributed by atoms with Gasteiger partial charge in [0.1, 0.15) is 8.07 Å².